The lowest BCUT2D eigenvalue weighted by Crippen LogP contribution is -2.33. The topological polar surface area (TPSA) is 66.6 Å². The third-order valence-corrected chi connectivity index (χ3v) is 5.41. The number of pyridine rings is 2. The van der Waals surface area contributed by atoms with Gasteiger partial charge >= 0.3 is 0 Å². The SMILES string of the molecule is CCCCN(C)c1c(C(=O)N(CC)CC)c2nnc(C(C)C)n2c2ncccc12. The molecule has 156 valence electrons. The number of fused-ring (bicyclic) bond motifs is 3. The first-order valence-corrected chi connectivity index (χ1v) is 10.6. The largest absolute Gasteiger partial charge is 0.373 e. The van der Waals surface area contributed by atoms with Crippen LogP contribution in [-0.2, 0) is 0 Å². The molecule has 7 heteroatoms. The number of hydrogen-bond donors (Lipinski definition) is 0. The summed E-state index contributed by atoms with van der Waals surface area (Å²) in [5, 5.41) is 9.88. The van der Waals surface area contributed by atoms with E-state index in [1.54, 1.807) is 6.20 Å². The highest BCUT2D eigenvalue weighted by atomic mass is 16.2. The Morgan fingerprint density at radius 2 is 1.86 bits per heavy atom. The summed E-state index contributed by atoms with van der Waals surface area (Å²) in [7, 11) is 2.05. The van der Waals surface area contributed by atoms with Crippen molar-refractivity contribution in [2.45, 2.75) is 53.4 Å². The molecular formula is C22H32N6O. The Bertz CT molecular complexity index is 1010. The molecule has 29 heavy (non-hydrogen) atoms. The molecule has 0 fully saturated rings. The van der Waals surface area contributed by atoms with Gasteiger partial charge in [0.05, 0.1) is 5.69 Å². The molecule has 0 spiro atoms. The Morgan fingerprint density at radius 3 is 2.48 bits per heavy atom. The Balaban J connectivity index is 2.44. The van der Waals surface area contributed by atoms with E-state index in [2.05, 4.69) is 40.9 Å². The van der Waals surface area contributed by atoms with Crippen LogP contribution in [0.15, 0.2) is 18.3 Å². The minimum absolute atomic E-state index is 0.00759. The van der Waals surface area contributed by atoms with Gasteiger partial charge in [-0.05, 0) is 32.4 Å². The van der Waals surface area contributed by atoms with Gasteiger partial charge in [-0.25, -0.2) is 4.98 Å². The molecule has 0 bridgehead atoms. The predicted octanol–water partition coefficient (Wildman–Crippen LogP) is 4.12. The lowest BCUT2D eigenvalue weighted by Gasteiger charge is -2.27. The third kappa shape index (κ3) is 3.66. The lowest BCUT2D eigenvalue weighted by molar-refractivity contribution is 0.0775. The molecule has 0 saturated heterocycles. The van der Waals surface area contributed by atoms with E-state index in [0.717, 1.165) is 41.9 Å². The zero-order valence-electron chi connectivity index (χ0n) is 18.4. The predicted molar refractivity (Wildman–Crippen MR) is 118 cm³/mol. The second kappa shape index (κ2) is 8.76. The highest BCUT2D eigenvalue weighted by Gasteiger charge is 2.28. The molecule has 0 aliphatic carbocycles. The Hall–Kier alpha value is -2.70. The number of aromatic nitrogens is 4. The van der Waals surface area contributed by atoms with Crippen LogP contribution in [0.25, 0.3) is 16.7 Å². The Kier molecular flexibility index (Phi) is 6.35. The summed E-state index contributed by atoms with van der Waals surface area (Å²) < 4.78 is 1.97. The van der Waals surface area contributed by atoms with Crippen LogP contribution in [0.2, 0.25) is 0 Å². The van der Waals surface area contributed by atoms with Crippen molar-refractivity contribution in [3.63, 3.8) is 0 Å². The molecule has 0 radical (unpaired) electrons. The molecule has 7 nitrogen and oxygen atoms in total. The van der Waals surface area contributed by atoms with E-state index in [4.69, 9.17) is 0 Å². The number of unbranched alkanes of at least 4 members (excludes halogenated alkanes) is 1. The quantitative estimate of drug-likeness (QED) is 0.573. The molecule has 0 aliphatic heterocycles. The molecular weight excluding hydrogens is 364 g/mol. The van der Waals surface area contributed by atoms with Crippen molar-refractivity contribution in [3.8, 4) is 0 Å². The van der Waals surface area contributed by atoms with Gasteiger partial charge in [0.25, 0.3) is 5.91 Å². The fraction of sp³-hybridized carbons (Fsp3) is 0.545. The van der Waals surface area contributed by atoms with E-state index in [0.29, 0.717) is 24.3 Å². The van der Waals surface area contributed by atoms with Gasteiger partial charge in [-0.15, -0.1) is 10.2 Å². The standard InChI is InChI=1S/C22H32N6O/c1-7-10-14-26(6)18-16-12-11-13-23-20(16)28-19(15(4)5)24-25-21(28)17(18)22(29)27(8-2)9-3/h11-13,15H,7-10,14H2,1-6H3. The summed E-state index contributed by atoms with van der Waals surface area (Å²) in [6.45, 7) is 12.5. The van der Waals surface area contributed by atoms with Crippen LogP contribution in [0.1, 0.15) is 69.6 Å². The first-order chi connectivity index (χ1) is 14.0. The minimum Gasteiger partial charge on any atom is -0.373 e. The summed E-state index contributed by atoms with van der Waals surface area (Å²) in [6, 6.07) is 3.97. The van der Waals surface area contributed by atoms with Crippen LogP contribution in [-0.4, -0.2) is 57.1 Å². The number of carbonyl (C=O) groups is 1. The summed E-state index contributed by atoms with van der Waals surface area (Å²) >= 11 is 0. The molecule has 3 aromatic heterocycles. The van der Waals surface area contributed by atoms with Crippen LogP contribution >= 0.6 is 0 Å². The Morgan fingerprint density at radius 1 is 1.14 bits per heavy atom. The molecule has 3 aromatic rings. The van der Waals surface area contributed by atoms with E-state index in [1.807, 2.05) is 42.3 Å². The van der Waals surface area contributed by atoms with Crippen LogP contribution < -0.4 is 4.90 Å². The van der Waals surface area contributed by atoms with Crippen molar-refractivity contribution in [3.05, 3.63) is 29.7 Å². The number of nitrogens with zero attached hydrogens (tertiary/aromatic N) is 6. The molecule has 0 atom stereocenters. The van der Waals surface area contributed by atoms with Crippen molar-refractivity contribution in [2.24, 2.45) is 0 Å². The van der Waals surface area contributed by atoms with Gasteiger partial charge in [-0.2, -0.15) is 0 Å². The van der Waals surface area contributed by atoms with Crippen molar-refractivity contribution in [1.29, 1.82) is 0 Å². The monoisotopic (exact) mass is 396 g/mol. The Labute approximate surface area is 172 Å². The average molecular weight is 397 g/mol. The van der Waals surface area contributed by atoms with Crippen LogP contribution in [0.4, 0.5) is 5.69 Å². The average Bonchev–Trinajstić information content (AvgIpc) is 3.17. The fourth-order valence-corrected chi connectivity index (χ4v) is 3.81. The van der Waals surface area contributed by atoms with E-state index < -0.39 is 0 Å². The highest BCUT2D eigenvalue weighted by molar-refractivity contribution is 6.12. The van der Waals surface area contributed by atoms with Gasteiger partial charge in [0.2, 0.25) is 0 Å². The van der Waals surface area contributed by atoms with Crippen LogP contribution in [0.3, 0.4) is 0 Å². The lowest BCUT2D eigenvalue weighted by atomic mass is 10.1. The van der Waals surface area contributed by atoms with E-state index in [-0.39, 0.29) is 11.8 Å². The van der Waals surface area contributed by atoms with Crippen LogP contribution in [0, 0.1) is 0 Å². The minimum atomic E-state index is -0.00759. The highest BCUT2D eigenvalue weighted by Crippen LogP contribution is 2.35. The summed E-state index contributed by atoms with van der Waals surface area (Å²) in [5.74, 6) is 0.974. The summed E-state index contributed by atoms with van der Waals surface area (Å²) in [5.41, 5.74) is 2.90. The summed E-state index contributed by atoms with van der Waals surface area (Å²) in [4.78, 5) is 22.3. The van der Waals surface area contributed by atoms with Gasteiger partial charge in [0, 0.05) is 44.2 Å². The van der Waals surface area contributed by atoms with Gasteiger partial charge in [0.1, 0.15) is 17.0 Å². The number of hydrogen-bond acceptors (Lipinski definition) is 5. The first-order valence-electron chi connectivity index (χ1n) is 10.6. The zero-order chi connectivity index (χ0) is 21.1. The molecule has 1 amide bonds. The molecule has 0 aromatic carbocycles. The summed E-state index contributed by atoms with van der Waals surface area (Å²) in [6.07, 6.45) is 3.92. The van der Waals surface area contributed by atoms with E-state index >= 15 is 0 Å². The van der Waals surface area contributed by atoms with Gasteiger partial charge < -0.3 is 9.80 Å². The van der Waals surface area contributed by atoms with E-state index in [9.17, 15) is 4.79 Å². The molecule has 3 heterocycles. The smallest absolute Gasteiger partial charge is 0.259 e. The maximum absolute atomic E-state index is 13.6. The number of anilines is 1. The van der Waals surface area contributed by atoms with Gasteiger partial charge in [-0.3, -0.25) is 9.20 Å². The molecule has 0 saturated carbocycles. The fourth-order valence-electron chi connectivity index (χ4n) is 3.81. The number of amides is 1. The van der Waals surface area contributed by atoms with Gasteiger partial charge in [0.15, 0.2) is 5.65 Å². The van der Waals surface area contributed by atoms with E-state index in [1.165, 1.54) is 0 Å². The zero-order valence-corrected chi connectivity index (χ0v) is 18.4. The number of rotatable bonds is 8. The second-order valence-corrected chi connectivity index (χ2v) is 7.72. The van der Waals surface area contributed by atoms with Crippen molar-refractivity contribution >= 4 is 28.3 Å². The molecule has 0 N–H and O–H groups in total. The molecule has 3 rings (SSSR count). The maximum Gasteiger partial charge on any atom is 0.259 e. The molecule has 0 aliphatic rings. The van der Waals surface area contributed by atoms with Crippen molar-refractivity contribution in [1.82, 2.24) is 24.5 Å². The maximum atomic E-state index is 13.6. The van der Waals surface area contributed by atoms with Crippen LogP contribution in [0.5, 0.6) is 0 Å². The third-order valence-electron chi connectivity index (χ3n) is 5.41. The first kappa shape index (κ1) is 21.0. The van der Waals surface area contributed by atoms with Crippen molar-refractivity contribution in [2.75, 3.05) is 31.6 Å². The molecule has 0 unspecified atom stereocenters. The second-order valence-electron chi connectivity index (χ2n) is 7.72. The van der Waals surface area contributed by atoms with Crippen molar-refractivity contribution < 1.29 is 4.79 Å². The number of carbonyl (C=O) groups excluding carboxylic acids is 1. The van der Waals surface area contributed by atoms with Gasteiger partial charge in [-0.1, -0.05) is 27.2 Å². The normalized spacial score (nSPS) is 11.6.